The van der Waals surface area contributed by atoms with Gasteiger partial charge in [0.2, 0.25) is 0 Å². The molecule has 0 saturated carbocycles. The van der Waals surface area contributed by atoms with Gasteiger partial charge < -0.3 is 10.6 Å². The molecule has 0 aliphatic rings. The molecule has 0 amide bonds. The highest BCUT2D eigenvalue weighted by atomic mass is 15.1. The van der Waals surface area contributed by atoms with Crippen LogP contribution < -0.4 is 10.6 Å². The van der Waals surface area contributed by atoms with Gasteiger partial charge in [0.05, 0.1) is 0 Å². The van der Waals surface area contributed by atoms with E-state index >= 15 is 0 Å². The minimum Gasteiger partial charge on any atom is -0.370 e. The summed E-state index contributed by atoms with van der Waals surface area (Å²) in [7, 11) is 0. The molecule has 4 nitrogen and oxygen atoms in total. The van der Waals surface area contributed by atoms with Gasteiger partial charge in [-0.25, -0.2) is 9.97 Å². The highest BCUT2D eigenvalue weighted by Crippen LogP contribution is 2.23. The molecule has 0 spiro atoms. The van der Waals surface area contributed by atoms with Crippen LogP contribution in [0.25, 0.3) is 0 Å². The Morgan fingerprint density at radius 1 is 1.11 bits per heavy atom. The molecule has 1 aromatic heterocycles. The van der Waals surface area contributed by atoms with E-state index in [9.17, 15) is 0 Å². The number of nitrogens with one attached hydrogen (secondary N) is 2. The second-order valence-electron chi connectivity index (χ2n) is 5.15. The fourth-order valence-corrected chi connectivity index (χ4v) is 2.05. The number of nitrogens with zero attached hydrogens (tertiary/aromatic N) is 2. The number of anilines is 2. The Labute approximate surface area is 117 Å². The van der Waals surface area contributed by atoms with E-state index in [4.69, 9.17) is 0 Å². The molecule has 1 aromatic rings. The first kappa shape index (κ1) is 15.7. The maximum absolute atomic E-state index is 4.43. The second-order valence-corrected chi connectivity index (χ2v) is 5.15. The smallest absolute Gasteiger partial charge is 0.134 e. The molecule has 1 rings (SSSR count). The largest absolute Gasteiger partial charge is 0.370 e. The molecule has 2 atom stereocenters. The fourth-order valence-electron chi connectivity index (χ4n) is 2.05. The molecule has 2 N–H and O–H groups in total. The van der Waals surface area contributed by atoms with Crippen LogP contribution in [-0.4, -0.2) is 22.6 Å². The van der Waals surface area contributed by atoms with Gasteiger partial charge in [0, 0.05) is 18.2 Å². The van der Waals surface area contributed by atoms with Crippen molar-refractivity contribution in [2.24, 2.45) is 5.92 Å². The fraction of sp³-hybridized carbons (Fsp3) is 0.733. The lowest BCUT2D eigenvalue weighted by Gasteiger charge is -2.22. The molecule has 108 valence electrons. The Balaban J connectivity index is 2.95. The van der Waals surface area contributed by atoms with Crippen molar-refractivity contribution in [3.05, 3.63) is 11.9 Å². The van der Waals surface area contributed by atoms with Crippen LogP contribution in [0.5, 0.6) is 0 Å². The second kappa shape index (κ2) is 7.97. The van der Waals surface area contributed by atoms with E-state index in [0.717, 1.165) is 31.0 Å². The molecule has 1 heterocycles. The van der Waals surface area contributed by atoms with Crippen molar-refractivity contribution in [2.75, 3.05) is 17.2 Å². The number of aromatic nitrogens is 2. The van der Waals surface area contributed by atoms with Crippen molar-refractivity contribution in [1.82, 2.24) is 9.97 Å². The van der Waals surface area contributed by atoms with E-state index in [1.54, 1.807) is 6.33 Å². The number of hydrogen-bond donors (Lipinski definition) is 2. The van der Waals surface area contributed by atoms with Crippen molar-refractivity contribution in [2.45, 2.75) is 59.9 Å². The summed E-state index contributed by atoms with van der Waals surface area (Å²) < 4.78 is 0. The van der Waals surface area contributed by atoms with Crippen LogP contribution in [0.1, 0.15) is 53.0 Å². The summed E-state index contributed by atoms with van der Waals surface area (Å²) in [5, 5.41) is 6.88. The monoisotopic (exact) mass is 264 g/mol. The molecule has 4 heteroatoms. The summed E-state index contributed by atoms with van der Waals surface area (Å²) in [6.07, 6.45) is 4.90. The molecule has 0 saturated heterocycles. The van der Waals surface area contributed by atoms with Crippen LogP contribution in [-0.2, 0) is 6.42 Å². The van der Waals surface area contributed by atoms with Crippen molar-refractivity contribution < 1.29 is 0 Å². The van der Waals surface area contributed by atoms with E-state index in [1.165, 1.54) is 12.0 Å². The third-order valence-electron chi connectivity index (χ3n) is 3.65. The van der Waals surface area contributed by atoms with Gasteiger partial charge in [-0.15, -0.1) is 0 Å². The first-order chi connectivity index (χ1) is 9.13. The normalized spacial score (nSPS) is 13.9. The summed E-state index contributed by atoms with van der Waals surface area (Å²) >= 11 is 0. The quantitative estimate of drug-likeness (QED) is 0.751. The lowest BCUT2D eigenvalue weighted by molar-refractivity contribution is 0.493. The Morgan fingerprint density at radius 2 is 1.79 bits per heavy atom. The van der Waals surface area contributed by atoms with Gasteiger partial charge in [-0.2, -0.15) is 0 Å². The number of rotatable bonds is 8. The maximum atomic E-state index is 4.43. The standard InChI is InChI=1S/C15H28N4/c1-6-9-13-14(16-8-3)17-10-18-15(13)19-12(5)11(4)7-2/h10-12H,6-9H2,1-5H3,(H2,16,17,18,19). The van der Waals surface area contributed by atoms with Crippen molar-refractivity contribution in [1.29, 1.82) is 0 Å². The summed E-state index contributed by atoms with van der Waals surface area (Å²) in [6.45, 7) is 11.9. The van der Waals surface area contributed by atoms with Crippen molar-refractivity contribution in [3.63, 3.8) is 0 Å². The van der Waals surface area contributed by atoms with Crippen molar-refractivity contribution >= 4 is 11.6 Å². The van der Waals surface area contributed by atoms with Crippen LogP contribution >= 0.6 is 0 Å². The topological polar surface area (TPSA) is 49.8 Å². The van der Waals surface area contributed by atoms with Gasteiger partial charge in [0.1, 0.15) is 18.0 Å². The summed E-state index contributed by atoms with van der Waals surface area (Å²) in [6, 6.07) is 0.421. The van der Waals surface area contributed by atoms with E-state index in [1.807, 2.05) is 0 Å². The average Bonchev–Trinajstić information content (AvgIpc) is 2.41. The Bertz CT molecular complexity index is 378. The zero-order valence-corrected chi connectivity index (χ0v) is 13.0. The minimum absolute atomic E-state index is 0.421. The average molecular weight is 264 g/mol. The Kier molecular flexibility index (Phi) is 6.60. The predicted molar refractivity (Wildman–Crippen MR) is 82.7 cm³/mol. The Hall–Kier alpha value is -1.32. The van der Waals surface area contributed by atoms with Crippen LogP contribution in [0.2, 0.25) is 0 Å². The molecule has 0 radical (unpaired) electrons. The molecule has 0 aliphatic carbocycles. The van der Waals surface area contributed by atoms with E-state index < -0.39 is 0 Å². The van der Waals surface area contributed by atoms with Crippen molar-refractivity contribution in [3.8, 4) is 0 Å². The zero-order chi connectivity index (χ0) is 14.3. The maximum Gasteiger partial charge on any atom is 0.134 e. The highest BCUT2D eigenvalue weighted by molar-refractivity contribution is 5.57. The van der Waals surface area contributed by atoms with Crippen LogP contribution in [0.3, 0.4) is 0 Å². The zero-order valence-electron chi connectivity index (χ0n) is 13.0. The highest BCUT2D eigenvalue weighted by Gasteiger charge is 2.15. The SMILES string of the molecule is CCCc1c(NCC)ncnc1NC(C)C(C)CC. The summed E-state index contributed by atoms with van der Waals surface area (Å²) in [5.74, 6) is 2.59. The van der Waals surface area contributed by atoms with E-state index in [-0.39, 0.29) is 0 Å². The lowest BCUT2D eigenvalue weighted by atomic mass is 10.0. The van der Waals surface area contributed by atoms with Gasteiger partial charge in [0.15, 0.2) is 0 Å². The van der Waals surface area contributed by atoms with Gasteiger partial charge in [0.25, 0.3) is 0 Å². The van der Waals surface area contributed by atoms with Gasteiger partial charge >= 0.3 is 0 Å². The summed E-state index contributed by atoms with van der Waals surface area (Å²) in [4.78, 5) is 8.79. The summed E-state index contributed by atoms with van der Waals surface area (Å²) in [5.41, 5.74) is 1.21. The van der Waals surface area contributed by atoms with Gasteiger partial charge in [-0.1, -0.05) is 33.6 Å². The lowest BCUT2D eigenvalue weighted by Crippen LogP contribution is -2.25. The molecule has 0 aliphatic heterocycles. The predicted octanol–water partition coefficient (Wildman–Crippen LogP) is 3.71. The van der Waals surface area contributed by atoms with Gasteiger partial charge in [-0.05, 0) is 26.2 Å². The molecule has 0 fully saturated rings. The Morgan fingerprint density at radius 3 is 2.37 bits per heavy atom. The molecule has 19 heavy (non-hydrogen) atoms. The number of hydrogen-bond acceptors (Lipinski definition) is 4. The first-order valence-electron chi connectivity index (χ1n) is 7.48. The van der Waals surface area contributed by atoms with Crippen LogP contribution in [0, 0.1) is 5.92 Å². The van der Waals surface area contributed by atoms with Gasteiger partial charge in [-0.3, -0.25) is 0 Å². The van der Waals surface area contributed by atoms with Crippen LogP contribution in [0.15, 0.2) is 6.33 Å². The molecule has 0 aromatic carbocycles. The minimum atomic E-state index is 0.421. The third kappa shape index (κ3) is 4.37. The first-order valence-corrected chi connectivity index (χ1v) is 7.48. The molecular formula is C15H28N4. The van der Waals surface area contributed by atoms with E-state index in [0.29, 0.717) is 12.0 Å². The third-order valence-corrected chi connectivity index (χ3v) is 3.65. The molecule has 2 unspecified atom stereocenters. The molecule has 0 bridgehead atoms. The molecular weight excluding hydrogens is 236 g/mol. The van der Waals surface area contributed by atoms with Crippen LogP contribution in [0.4, 0.5) is 11.6 Å². The van der Waals surface area contributed by atoms with E-state index in [2.05, 4.69) is 55.2 Å².